The number of hydrogen-bond acceptors (Lipinski definition) is 1. The fourth-order valence-corrected chi connectivity index (χ4v) is 2.57. The zero-order valence-corrected chi connectivity index (χ0v) is 9.56. The highest BCUT2D eigenvalue weighted by Crippen LogP contribution is 2.42. The molecule has 1 aromatic carbocycles. The van der Waals surface area contributed by atoms with Crippen molar-refractivity contribution in [1.29, 1.82) is 0 Å². The first-order valence-electron chi connectivity index (χ1n) is 4.95. The molecule has 0 saturated heterocycles. The summed E-state index contributed by atoms with van der Waals surface area (Å²) in [4.78, 5) is 0. The predicted molar refractivity (Wildman–Crippen MR) is 58.8 cm³/mol. The minimum absolute atomic E-state index is 0.225. The van der Waals surface area contributed by atoms with Gasteiger partial charge in [-0.15, -0.1) is 0 Å². The Bertz CT molecular complexity index is 360. The Morgan fingerprint density at radius 3 is 2.79 bits per heavy atom. The summed E-state index contributed by atoms with van der Waals surface area (Å²) in [6, 6.07) is 4.22. The molecule has 0 N–H and O–H groups in total. The number of hydrogen-bond donors (Lipinski definition) is 0. The van der Waals surface area contributed by atoms with Crippen molar-refractivity contribution >= 4 is 11.6 Å². The molecule has 0 aliphatic heterocycles. The van der Waals surface area contributed by atoms with Crippen LogP contribution >= 0.6 is 11.6 Å². The minimum atomic E-state index is 0.225. The van der Waals surface area contributed by atoms with Crippen LogP contribution in [0.2, 0.25) is 5.02 Å². The number of methoxy groups -OCH3 is 1. The summed E-state index contributed by atoms with van der Waals surface area (Å²) >= 11 is 6.27. The van der Waals surface area contributed by atoms with Gasteiger partial charge in [0.15, 0.2) is 0 Å². The summed E-state index contributed by atoms with van der Waals surface area (Å²) in [5.74, 6) is 0.536. The molecule has 0 aromatic heterocycles. The molecule has 76 valence electrons. The topological polar surface area (TPSA) is 9.23 Å². The van der Waals surface area contributed by atoms with Crippen LogP contribution in [0, 0.1) is 12.8 Å². The monoisotopic (exact) mass is 210 g/mol. The number of fused-ring (bicyclic) bond motifs is 1. The van der Waals surface area contributed by atoms with Crippen LogP contribution in [-0.4, -0.2) is 7.11 Å². The van der Waals surface area contributed by atoms with E-state index in [1.807, 2.05) is 6.92 Å². The van der Waals surface area contributed by atoms with Crippen LogP contribution in [0.15, 0.2) is 12.1 Å². The van der Waals surface area contributed by atoms with E-state index in [-0.39, 0.29) is 6.10 Å². The van der Waals surface area contributed by atoms with Crippen molar-refractivity contribution in [3.8, 4) is 0 Å². The SMILES string of the molecule is COC1c2ccc(C)c(Cl)c2CC1C. The van der Waals surface area contributed by atoms with Crippen molar-refractivity contribution in [3.63, 3.8) is 0 Å². The number of ether oxygens (including phenoxy) is 1. The summed E-state index contributed by atoms with van der Waals surface area (Å²) in [6.45, 7) is 4.26. The molecule has 2 rings (SSSR count). The van der Waals surface area contributed by atoms with Gasteiger partial charge in [-0.25, -0.2) is 0 Å². The number of rotatable bonds is 1. The number of halogens is 1. The molecule has 1 aliphatic carbocycles. The first-order chi connectivity index (χ1) is 6.65. The largest absolute Gasteiger partial charge is 0.376 e. The Hall–Kier alpha value is -0.530. The van der Waals surface area contributed by atoms with Gasteiger partial charge in [0, 0.05) is 12.1 Å². The van der Waals surface area contributed by atoms with E-state index in [0.29, 0.717) is 5.92 Å². The molecule has 1 aromatic rings. The Labute approximate surface area is 90.0 Å². The Morgan fingerprint density at radius 1 is 1.43 bits per heavy atom. The van der Waals surface area contributed by atoms with Gasteiger partial charge in [0.1, 0.15) is 0 Å². The molecular weight excluding hydrogens is 196 g/mol. The van der Waals surface area contributed by atoms with E-state index in [1.165, 1.54) is 11.1 Å². The molecule has 0 radical (unpaired) electrons. The van der Waals surface area contributed by atoms with Crippen LogP contribution in [-0.2, 0) is 11.2 Å². The van der Waals surface area contributed by atoms with Crippen molar-refractivity contribution in [2.24, 2.45) is 5.92 Å². The molecular formula is C12H15ClO. The van der Waals surface area contributed by atoms with Gasteiger partial charge in [-0.1, -0.05) is 30.7 Å². The third-order valence-corrected chi connectivity index (χ3v) is 3.60. The van der Waals surface area contributed by atoms with Gasteiger partial charge >= 0.3 is 0 Å². The molecule has 0 fully saturated rings. The van der Waals surface area contributed by atoms with Crippen molar-refractivity contribution in [3.05, 3.63) is 33.8 Å². The Kier molecular flexibility index (Phi) is 2.54. The highest BCUT2D eigenvalue weighted by Gasteiger charge is 2.31. The lowest BCUT2D eigenvalue weighted by atomic mass is 10.1. The zero-order valence-electron chi connectivity index (χ0n) is 8.80. The van der Waals surface area contributed by atoms with E-state index in [9.17, 15) is 0 Å². The van der Waals surface area contributed by atoms with E-state index < -0.39 is 0 Å². The second-order valence-corrected chi connectivity index (χ2v) is 4.48. The van der Waals surface area contributed by atoms with Gasteiger partial charge in [0.25, 0.3) is 0 Å². The molecule has 0 heterocycles. The molecule has 2 atom stereocenters. The molecule has 1 nitrogen and oxygen atoms in total. The van der Waals surface area contributed by atoms with Crippen LogP contribution in [0.5, 0.6) is 0 Å². The van der Waals surface area contributed by atoms with Crippen molar-refractivity contribution in [2.75, 3.05) is 7.11 Å². The van der Waals surface area contributed by atoms with E-state index in [2.05, 4.69) is 19.1 Å². The lowest BCUT2D eigenvalue weighted by Crippen LogP contribution is -2.05. The van der Waals surface area contributed by atoms with Gasteiger partial charge in [-0.3, -0.25) is 0 Å². The first kappa shape index (κ1) is 10.0. The van der Waals surface area contributed by atoms with Gasteiger partial charge < -0.3 is 4.74 Å². The van der Waals surface area contributed by atoms with Crippen molar-refractivity contribution in [2.45, 2.75) is 26.4 Å². The van der Waals surface area contributed by atoms with Crippen LogP contribution in [0.25, 0.3) is 0 Å². The van der Waals surface area contributed by atoms with Crippen LogP contribution in [0.1, 0.15) is 29.7 Å². The van der Waals surface area contributed by atoms with Crippen molar-refractivity contribution in [1.82, 2.24) is 0 Å². The molecule has 2 unspecified atom stereocenters. The molecule has 14 heavy (non-hydrogen) atoms. The average molecular weight is 211 g/mol. The third-order valence-electron chi connectivity index (χ3n) is 3.08. The highest BCUT2D eigenvalue weighted by atomic mass is 35.5. The van der Waals surface area contributed by atoms with Gasteiger partial charge in [0.05, 0.1) is 6.10 Å². The maximum Gasteiger partial charge on any atom is 0.0853 e. The summed E-state index contributed by atoms with van der Waals surface area (Å²) in [5, 5.41) is 0.925. The van der Waals surface area contributed by atoms with Crippen LogP contribution in [0.3, 0.4) is 0 Å². The molecule has 0 amide bonds. The fourth-order valence-electron chi connectivity index (χ4n) is 2.32. The lowest BCUT2D eigenvalue weighted by molar-refractivity contribution is 0.0695. The van der Waals surface area contributed by atoms with Crippen LogP contribution < -0.4 is 0 Å². The minimum Gasteiger partial charge on any atom is -0.376 e. The van der Waals surface area contributed by atoms with Crippen LogP contribution in [0.4, 0.5) is 0 Å². The maximum absolute atomic E-state index is 6.27. The third kappa shape index (κ3) is 1.35. The fraction of sp³-hybridized carbons (Fsp3) is 0.500. The number of benzene rings is 1. The normalized spacial score (nSPS) is 25.1. The molecule has 0 saturated carbocycles. The molecule has 2 heteroatoms. The first-order valence-corrected chi connectivity index (χ1v) is 5.33. The summed E-state index contributed by atoms with van der Waals surface area (Å²) in [7, 11) is 1.77. The Morgan fingerprint density at radius 2 is 2.14 bits per heavy atom. The Balaban J connectivity index is 2.52. The quantitative estimate of drug-likeness (QED) is 0.689. The predicted octanol–water partition coefficient (Wildman–Crippen LogP) is 3.53. The smallest absolute Gasteiger partial charge is 0.0853 e. The summed E-state index contributed by atoms with van der Waals surface area (Å²) < 4.78 is 5.49. The van der Waals surface area contributed by atoms with E-state index in [0.717, 1.165) is 17.0 Å². The van der Waals surface area contributed by atoms with Crippen molar-refractivity contribution < 1.29 is 4.74 Å². The van der Waals surface area contributed by atoms with Gasteiger partial charge in [-0.2, -0.15) is 0 Å². The highest BCUT2D eigenvalue weighted by molar-refractivity contribution is 6.32. The van der Waals surface area contributed by atoms with E-state index >= 15 is 0 Å². The van der Waals surface area contributed by atoms with Gasteiger partial charge in [-0.05, 0) is 36.0 Å². The summed E-state index contributed by atoms with van der Waals surface area (Å²) in [6.07, 6.45) is 1.26. The van der Waals surface area contributed by atoms with Gasteiger partial charge in [0.2, 0.25) is 0 Å². The average Bonchev–Trinajstić information content (AvgIpc) is 2.49. The second-order valence-electron chi connectivity index (χ2n) is 4.10. The standard InChI is InChI=1S/C12H15ClO/c1-7-4-5-9-10(11(7)13)6-8(2)12(9)14-3/h4-5,8,12H,6H2,1-3H3. The maximum atomic E-state index is 6.27. The number of aryl methyl sites for hydroxylation is 1. The van der Waals surface area contributed by atoms with E-state index in [4.69, 9.17) is 16.3 Å². The molecule has 1 aliphatic rings. The molecule has 0 bridgehead atoms. The second kappa shape index (κ2) is 3.56. The summed E-state index contributed by atoms with van der Waals surface area (Å²) in [5.41, 5.74) is 3.72. The van der Waals surface area contributed by atoms with E-state index in [1.54, 1.807) is 7.11 Å². The lowest BCUT2D eigenvalue weighted by Gasteiger charge is -2.14. The molecule has 0 spiro atoms. The zero-order chi connectivity index (χ0) is 10.3.